The van der Waals surface area contributed by atoms with Gasteiger partial charge in [0.15, 0.2) is 18.1 Å². The second-order valence-corrected chi connectivity index (χ2v) is 4.37. The van der Waals surface area contributed by atoms with E-state index in [0.717, 1.165) is 0 Å². The summed E-state index contributed by atoms with van der Waals surface area (Å²) in [5, 5.41) is 16.0. The number of nitrogens with one attached hydrogen (secondary N) is 2. The highest BCUT2D eigenvalue weighted by molar-refractivity contribution is 5.78. The Bertz CT molecular complexity index is 870. The van der Waals surface area contributed by atoms with Crippen LogP contribution in [0.15, 0.2) is 44.1 Å². The predicted octanol–water partition coefficient (Wildman–Crippen LogP) is 0.857. The number of azo groups is 1. The second kappa shape index (κ2) is 7.72. The molecule has 10 nitrogen and oxygen atoms in total. The number of amides is 1. The van der Waals surface area contributed by atoms with Gasteiger partial charge in [0, 0.05) is 0 Å². The first kappa shape index (κ1) is 16.9. The fraction of sp³-hybridized carbons (Fsp3) is 0.214. The first-order chi connectivity index (χ1) is 11.5. The van der Waals surface area contributed by atoms with E-state index < -0.39 is 35.3 Å². The predicted molar refractivity (Wildman–Crippen MR) is 82.0 cm³/mol. The average molecular weight is 334 g/mol. The van der Waals surface area contributed by atoms with Crippen LogP contribution in [0.5, 0.6) is 17.4 Å². The minimum Gasteiger partial charge on any atom is -0.493 e. The SMILES string of the molecule is CCOc1ccccc1OCC(=O)N=Nc1c(O)[nH]c(=O)[nH]c1=O. The fourth-order valence-corrected chi connectivity index (χ4v) is 1.68. The quantitative estimate of drug-likeness (QED) is 0.668. The molecule has 0 saturated heterocycles. The van der Waals surface area contributed by atoms with E-state index in [1.807, 2.05) is 16.9 Å². The Morgan fingerprint density at radius 2 is 1.83 bits per heavy atom. The van der Waals surface area contributed by atoms with E-state index in [2.05, 4.69) is 10.2 Å². The summed E-state index contributed by atoms with van der Waals surface area (Å²) in [6.07, 6.45) is 0. The molecule has 10 heteroatoms. The minimum atomic E-state index is -0.976. The van der Waals surface area contributed by atoms with Crippen molar-refractivity contribution in [1.82, 2.24) is 9.97 Å². The van der Waals surface area contributed by atoms with Crippen LogP contribution in [-0.2, 0) is 4.79 Å². The van der Waals surface area contributed by atoms with Gasteiger partial charge in [0.2, 0.25) is 11.6 Å². The lowest BCUT2D eigenvalue weighted by atomic mass is 10.3. The van der Waals surface area contributed by atoms with Crippen LogP contribution >= 0.6 is 0 Å². The molecule has 0 bridgehead atoms. The molecule has 1 heterocycles. The number of carbonyl (C=O) groups is 1. The van der Waals surface area contributed by atoms with Gasteiger partial charge in [0.25, 0.3) is 5.56 Å². The molecule has 3 N–H and O–H groups in total. The Labute approximate surface area is 134 Å². The summed E-state index contributed by atoms with van der Waals surface area (Å²) >= 11 is 0. The fourth-order valence-electron chi connectivity index (χ4n) is 1.68. The number of para-hydroxylation sites is 2. The highest BCUT2D eigenvalue weighted by Crippen LogP contribution is 2.26. The summed E-state index contributed by atoms with van der Waals surface area (Å²) in [7, 11) is 0. The zero-order chi connectivity index (χ0) is 17.5. The first-order valence-corrected chi connectivity index (χ1v) is 6.86. The zero-order valence-corrected chi connectivity index (χ0v) is 12.6. The summed E-state index contributed by atoms with van der Waals surface area (Å²) in [4.78, 5) is 37.7. The topological polar surface area (TPSA) is 146 Å². The van der Waals surface area contributed by atoms with E-state index in [-0.39, 0.29) is 0 Å². The third kappa shape index (κ3) is 4.29. The van der Waals surface area contributed by atoms with Crippen LogP contribution in [0.3, 0.4) is 0 Å². The van der Waals surface area contributed by atoms with Crippen LogP contribution in [0, 0.1) is 0 Å². The van der Waals surface area contributed by atoms with Crippen molar-refractivity contribution in [3.63, 3.8) is 0 Å². The highest BCUT2D eigenvalue weighted by atomic mass is 16.5. The maximum atomic E-state index is 11.7. The lowest BCUT2D eigenvalue weighted by Gasteiger charge is -2.09. The highest BCUT2D eigenvalue weighted by Gasteiger charge is 2.10. The monoisotopic (exact) mass is 334 g/mol. The third-order valence-corrected chi connectivity index (χ3v) is 2.66. The van der Waals surface area contributed by atoms with Crippen molar-refractivity contribution >= 4 is 11.6 Å². The van der Waals surface area contributed by atoms with Crippen molar-refractivity contribution in [3.05, 3.63) is 45.1 Å². The number of ether oxygens (including phenoxy) is 2. The number of rotatable bonds is 6. The molecule has 0 radical (unpaired) electrons. The van der Waals surface area contributed by atoms with Gasteiger partial charge in [-0.15, -0.1) is 10.2 Å². The smallest absolute Gasteiger partial charge is 0.328 e. The van der Waals surface area contributed by atoms with Gasteiger partial charge in [-0.25, -0.2) is 4.79 Å². The van der Waals surface area contributed by atoms with Gasteiger partial charge in [-0.2, -0.15) is 0 Å². The third-order valence-electron chi connectivity index (χ3n) is 2.66. The summed E-state index contributed by atoms with van der Waals surface area (Å²) in [6, 6.07) is 6.77. The number of hydrogen-bond acceptors (Lipinski definition) is 7. The molecule has 1 aromatic heterocycles. The van der Waals surface area contributed by atoms with Crippen molar-refractivity contribution in [2.45, 2.75) is 6.92 Å². The lowest BCUT2D eigenvalue weighted by Crippen LogP contribution is -2.21. The molecule has 24 heavy (non-hydrogen) atoms. The van der Waals surface area contributed by atoms with E-state index in [1.165, 1.54) is 0 Å². The number of aromatic amines is 2. The molecule has 1 amide bonds. The number of nitrogens with zero attached hydrogens (tertiary/aromatic N) is 2. The maximum Gasteiger partial charge on any atom is 0.328 e. The molecule has 0 spiro atoms. The van der Waals surface area contributed by atoms with Crippen LogP contribution in [0.1, 0.15) is 6.92 Å². The van der Waals surface area contributed by atoms with Crippen molar-refractivity contribution in [1.29, 1.82) is 0 Å². The zero-order valence-electron chi connectivity index (χ0n) is 12.6. The number of aromatic nitrogens is 2. The van der Waals surface area contributed by atoms with Crippen LogP contribution in [0.25, 0.3) is 0 Å². The minimum absolute atomic E-state index is 0.354. The Morgan fingerprint density at radius 3 is 2.46 bits per heavy atom. The van der Waals surface area contributed by atoms with Gasteiger partial charge in [-0.05, 0) is 19.1 Å². The summed E-state index contributed by atoms with van der Waals surface area (Å²) < 4.78 is 10.6. The van der Waals surface area contributed by atoms with E-state index >= 15 is 0 Å². The number of carbonyl (C=O) groups excluding carboxylic acids is 1. The average Bonchev–Trinajstić information content (AvgIpc) is 2.53. The molecule has 0 aliphatic carbocycles. The molecule has 126 valence electrons. The Kier molecular flexibility index (Phi) is 5.45. The Balaban J connectivity index is 2.04. The Hall–Kier alpha value is -3.43. The molecule has 0 atom stereocenters. The lowest BCUT2D eigenvalue weighted by molar-refractivity contribution is -0.120. The van der Waals surface area contributed by atoms with Gasteiger partial charge in [0.05, 0.1) is 6.61 Å². The van der Waals surface area contributed by atoms with Gasteiger partial charge < -0.3 is 14.6 Å². The van der Waals surface area contributed by atoms with Crippen molar-refractivity contribution < 1.29 is 19.4 Å². The van der Waals surface area contributed by atoms with Gasteiger partial charge in [0.1, 0.15) is 0 Å². The molecular formula is C14H14N4O6. The summed E-state index contributed by atoms with van der Waals surface area (Å²) in [5.41, 5.74) is -2.47. The summed E-state index contributed by atoms with van der Waals surface area (Å²) in [5.74, 6) is -0.763. The van der Waals surface area contributed by atoms with Gasteiger partial charge in [-0.3, -0.25) is 19.6 Å². The molecule has 0 fully saturated rings. The van der Waals surface area contributed by atoms with Crippen LogP contribution in [0.2, 0.25) is 0 Å². The molecule has 1 aromatic carbocycles. The molecule has 0 saturated carbocycles. The first-order valence-electron chi connectivity index (χ1n) is 6.86. The van der Waals surface area contributed by atoms with Crippen molar-refractivity contribution in [3.8, 4) is 17.4 Å². The van der Waals surface area contributed by atoms with E-state index in [4.69, 9.17) is 9.47 Å². The molecule has 0 unspecified atom stereocenters. The molecule has 0 aliphatic rings. The van der Waals surface area contributed by atoms with Crippen LogP contribution in [-0.4, -0.2) is 34.2 Å². The number of hydrogen-bond donors (Lipinski definition) is 3. The molecule has 2 rings (SSSR count). The van der Waals surface area contributed by atoms with Crippen molar-refractivity contribution in [2.24, 2.45) is 10.2 Å². The largest absolute Gasteiger partial charge is 0.493 e. The summed E-state index contributed by atoms with van der Waals surface area (Å²) in [6.45, 7) is 1.79. The van der Waals surface area contributed by atoms with E-state index in [9.17, 15) is 19.5 Å². The van der Waals surface area contributed by atoms with E-state index in [0.29, 0.717) is 18.1 Å². The molecular weight excluding hydrogens is 320 g/mol. The van der Waals surface area contributed by atoms with Gasteiger partial charge in [-0.1, -0.05) is 12.1 Å². The van der Waals surface area contributed by atoms with Crippen molar-refractivity contribution in [2.75, 3.05) is 13.2 Å². The standard InChI is InChI=1S/C14H14N4O6/c1-2-23-8-5-3-4-6-9(8)24-7-10(19)17-18-11-12(20)15-14(22)16-13(11)21/h3-6H,2,7H2,1H3,(H3,15,16,20,21,22). The van der Waals surface area contributed by atoms with Crippen LogP contribution < -0.4 is 20.7 Å². The number of benzene rings is 1. The second-order valence-electron chi connectivity index (χ2n) is 4.37. The van der Waals surface area contributed by atoms with Gasteiger partial charge >= 0.3 is 11.6 Å². The van der Waals surface area contributed by atoms with E-state index in [1.54, 1.807) is 24.3 Å². The molecule has 0 aliphatic heterocycles. The number of aromatic hydroxyl groups is 1. The Morgan fingerprint density at radius 1 is 1.17 bits per heavy atom. The number of H-pyrrole nitrogens is 2. The maximum absolute atomic E-state index is 11.7. The molecule has 2 aromatic rings. The normalized spacial score (nSPS) is 10.7. The van der Waals surface area contributed by atoms with Crippen LogP contribution in [0.4, 0.5) is 5.69 Å².